The first-order valence-electron chi connectivity index (χ1n) is 4.58. The van der Waals surface area contributed by atoms with Crippen LogP contribution in [0.25, 0.3) is 0 Å². The van der Waals surface area contributed by atoms with E-state index in [9.17, 15) is 9.59 Å². The summed E-state index contributed by atoms with van der Waals surface area (Å²) in [5, 5.41) is 8.67. The third kappa shape index (κ3) is 4.81. The molecule has 0 saturated carbocycles. The first-order valence-corrected chi connectivity index (χ1v) is 4.58. The Morgan fingerprint density at radius 2 is 2.07 bits per heavy atom. The van der Waals surface area contributed by atoms with Crippen molar-refractivity contribution in [3.05, 3.63) is 0 Å². The van der Waals surface area contributed by atoms with Crippen LogP contribution in [0.3, 0.4) is 0 Å². The van der Waals surface area contributed by atoms with Gasteiger partial charge >= 0.3 is 11.9 Å². The molecule has 5 nitrogen and oxygen atoms in total. The molecule has 0 aromatic carbocycles. The van der Waals surface area contributed by atoms with Crippen molar-refractivity contribution in [1.82, 2.24) is 0 Å². The van der Waals surface area contributed by atoms with Gasteiger partial charge in [-0.25, -0.2) is 0 Å². The van der Waals surface area contributed by atoms with E-state index in [2.05, 4.69) is 4.74 Å². The van der Waals surface area contributed by atoms with E-state index in [1.54, 1.807) is 6.92 Å². The van der Waals surface area contributed by atoms with Crippen LogP contribution < -0.4 is 5.73 Å². The fourth-order valence-corrected chi connectivity index (χ4v) is 0.940. The average molecular weight is 203 g/mol. The van der Waals surface area contributed by atoms with Crippen molar-refractivity contribution >= 4 is 11.9 Å². The van der Waals surface area contributed by atoms with E-state index in [0.29, 0.717) is 13.0 Å². The van der Waals surface area contributed by atoms with E-state index in [-0.39, 0.29) is 18.8 Å². The van der Waals surface area contributed by atoms with Crippen molar-refractivity contribution in [2.24, 2.45) is 5.73 Å². The number of carbonyl (C=O) groups excluding carboxylic acids is 1. The van der Waals surface area contributed by atoms with Gasteiger partial charge in [-0.3, -0.25) is 9.59 Å². The Labute approximate surface area is 83.2 Å². The summed E-state index contributed by atoms with van der Waals surface area (Å²) in [5.74, 6) is -1.37. The Morgan fingerprint density at radius 3 is 2.50 bits per heavy atom. The molecule has 0 aliphatic rings. The number of ether oxygens (including phenoxy) is 1. The van der Waals surface area contributed by atoms with E-state index in [0.717, 1.165) is 0 Å². The predicted molar refractivity (Wildman–Crippen MR) is 50.7 cm³/mol. The number of esters is 1. The average Bonchev–Trinajstić information content (AvgIpc) is 2.04. The number of carboxylic acids is 1. The molecule has 14 heavy (non-hydrogen) atoms. The molecule has 0 unspecified atom stereocenters. The van der Waals surface area contributed by atoms with Gasteiger partial charge < -0.3 is 15.6 Å². The van der Waals surface area contributed by atoms with Crippen LogP contribution in [0.4, 0.5) is 0 Å². The number of carboxylic acid groups (broad SMARTS) is 1. The van der Waals surface area contributed by atoms with Gasteiger partial charge in [-0.2, -0.15) is 0 Å². The Balaban J connectivity index is 3.74. The first-order chi connectivity index (χ1) is 6.40. The van der Waals surface area contributed by atoms with Crippen molar-refractivity contribution in [2.45, 2.75) is 38.6 Å². The molecule has 0 aliphatic carbocycles. The van der Waals surface area contributed by atoms with Crippen LogP contribution in [0.15, 0.2) is 0 Å². The van der Waals surface area contributed by atoms with Crippen molar-refractivity contribution in [3.8, 4) is 0 Å². The van der Waals surface area contributed by atoms with E-state index >= 15 is 0 Å². The third-order valence-corrected chi connectivity index (χ3v) is 1.87. The van der Waals surface area contributed by atoms with Crippen LogP contribution in [-0.4, -0.2) is 29.2 Å². The van der Waals surface area contributed by atoms with Gasteiger partial charge in [-0.1, -0.05) is 0 Å². The molecule has 0 saturated heterocycles. The van der Waals surface area contributed by atoms with Crippen molar-refractivity contribution in [2.75, 3.05) is 6.61 Å². The van der Waals surface area contributed by atoms with Crippen LogP contribution >= 0.6 is 0 Å². The second-order valence-corrected chi connectivity index (χ2v) is 3.38. The minimum absolute atomic E-state index is 0.216. The lowest BCUT2D eigenvalue weighted by atomic mass is 9.96. The third-order valence-electron chi connectivity index (χ3n) is 1.87. The topological polar surface area (TPSA) is 89.6 Å². The number of hydrogen-bond donors (Lipinski definition) is 2. The number of hydrogen-bond acceptors (Lipinski definition) is 4. The molecular formula is C9H17NO4. The summed E-state index contributed by atoms with van der Waals surface area (Å²) >= 11 is 0. The van der Waals surface area contributed by atoms with Gasteiger partial charge in [0.25, 0.3) is 0 Å². The summed E-state index contributed by atoms with van der Waals surface area (Å²) < 4.78 is 4.69. The normalized spacial score (nSPS) is 14.5. The van der Waals surface area contributed by atoms with Gasteiger partial charge in [-0.05, 0) is 26.7 Å². The summed E-state index contributed by atoms with van der Waals surface area (Å²) in [6.07, 6.45) is 0.910. The highest BCUT2D eigenvalue weighted by atomic mass is 16.5. The van der Waals surface area contributed by atoms with Crippen molar-refractivity contribution in [1.29, 1.82) is 0 Å². The standard InChI is InChI=1S/C9H17NO4/c1-3-14-7(11)5-4-6-9(2,10)8(12)13/h3-6,10H2,1-2H3,(H,12,13)/t9-/m1/s1. The number of aliphatic carboxylic acids is 1. The van der Waals surface area contributed by atoms with E-state index in [1.807, 2.05) is 0 Å². The van der Waals surface area contributed by atoms with Gasteiger partial charge in [0.05, 0.1) is 6.61 Å². The van der Waals surface area contributed by atoms with Gasteiger partial charge in [-0.15, -0.1) is 0 Å². The maximum Gasteiger partial charge on any atom is 0.323 e. The smallest absolute Gasteiger partial charge is 0.323 e. The highest BCUT2D eigenvalue weighted by Gasteiger charge is 2.27. The minimum atomic E-state index is -1.26. The van der Waals surface area contributed by atoms with Crippen molar-refractivity contribution < 1.29 is 19.4 Å². The van der Waals surface area contributed by atoms with Crippen LogP contribution in [0.2, 0.25) is 0 Å². The molecule has 0 aromatic rings. The predicted octanol–water partition coefficient (Wildman–Crippen LogP) is 0.522. The van der Waals surface area contributed by atoms with Gasteiger partial charge in [0.15, 0.2) is 0 Å². The zero-order valence-electron chi connectivity index (χ0n) is 8.58. The zero-order valence-corrected chi connectivity index (χ0v) is 8.58. The maximum atomic E-state index is 10.9. The second-order valence-electron chi connectivity index (χ2n) is 3.38. The monoisotopic (exact) mass is 203 g/mol. The molecule has 0 spiro atoms. The SMILES string of the molecule is CCOC(=O)CCC[C@@](C)(N)C(=O)O. The van der Waals surface area contributed by atoms with E-state index in [4.69, 9.17) is 10.8 Å². The minimum Gasteiger partial charge on any atom is -0.480 e. The molecule has 0 bridgehead atoms. The van der Waals surface area contributed by atoms with Gasteiger partial charge in [0.2, 0.25) is 0 Å². The summed E-state index contributed by atoms with van der Waals surface area (Å²) in [5.41, 5.74) is 4.21. The summed E-state index contributed by atoms with van der Waals surface area (Å²) in [7, 11) is 0. The molecular weight excluding hydrogens is 186 g/mol. The molecule has 0 heterocycles. The molecule has 82 valence electrons. The number of nitrogens with two attached hydrogens (primary N) is 1. The van der Waals surface area contributed by atoms with E-state index < -0.39 is 11.5 Å². The molecule has 0 aliphatic heterocycles. The summed E-state index contributed by atoms with van der Waals surface area (Å²) in [4.78, 5) is 21.5. The lowest BCUT2D eigenvalue weighted by molar-refractivity contribution is -0.145. The molecule has 0 radical (unpaired) electrons. The Kier molecular flexibility index (Phi) is 5.15. The largest absolute Gasteiger partial charge is 0.480 e. The lowest BCUT2D eigenvalue weighted by Gasteiger charge is -2.18. The number of rotatable bonds is 6. The van der Waals surface area contributed by atoms with E-state index in [1.165, 1.54) is 6.92 Å². The van der Waals surface area contributed by atoms with Gasteiger partial charge in [0, 0.05) is 6.42 Å². The maximum absolute atomic E-state index is 10.9. The molecule has 3 N–H and O–H groups in total. The first kappa shape index (κ1) is 12.9. The fourth-order valence-electron chi connectivity index (χ4n) is 0.940. The molecule has 0 fully saturated rings. The van der Waals surface area contributed by atoms with Crippen LogP contribution in [0.1, 0.15) is 33.1 Å². The highest BCUT2D eigenvalue weighted by Crippen LogP contribution is 2.11. The molecule has 0 aromatic heterocycles. The van der Waals surface area contributed by atoms with Crippen LogP contribution in [-0.2, 0) is 14.3 Å². The zero-order chi connectivity index (χ0) is 11.2. The summed E-state index contributed by atoms with van der Waals surface area (Å²) in [6.45, 7) is 3.50. The van der Waals surface area contributed by atoms with Crippen molar-refractivity contribution in [3.63, 3.8) is 0 Å². The van der Waals surface area contributed by atoms with Gasteiger partial charge in [0.1, 0.15) is 5.54 Å². The highest BCUT2D eigenvalue weighted by molar-refractivity contribution is 5.77. The molecule has 0 rings (SSSR count). The quantitative estimate of drug-likeness (QED) is 0.614. The second kappa shape index (κ2) is 5.59. The fraction of sp³-hybridized carbons (Fsp3) is 0.778. The molecule has 5 heteroatoms. The number of carbonyl (C=O) groups is 2. The van der Waals surface area contributed by atoms with Crippen LogP contribution in [0.5, 0.6) is 0 Å². The Morgan fingerprint density at radius 1 is 1.50 bits per heavy atom. The molecule has 1 atom stereocenters. The summed E-state index contributed by atoms with van der Waals surface area (Å²) in [6, 6.07) is 0. The lowest BCUT2D eigenvalue weighted by Crippen LogP contribution is -2.44. The van der Waals surface area contributed by atoms with Crippen LogP contribution in [0, 0.1) is 0 Å². The Bertz CT molecular complexity index is 213. The Hall–Kier alpha value is -1.10. The molecule has 0 amide bonds.